The van der Waals surface area contributed by atoms with Crippen LogP contribution in [0.4, 0.5) is 0 Å². The summed E-state index contributed by atoms with van der Waals surface area (Å²) in [5.74, 6) is -0.510. The number of hydrogen-bond acceptors (Lipinski definition) is 5. The van der Waals surface area contributed by atoms with Gasteiger partial charge in [-0.15, -0.1) is 11.3 Å². The van der Waals surface area contributed by atoms with Crippen LogP contribution in [0, 0.1) is 6.92 Å². The first kappa shape index (κ1) is 20.9. The smallest absolute Gasteiger partial charge is 0.255 e. The maximum absolute atomic E-state index is 13.1. The van der Waals surface area contributed by atoms with Crippen molar-refractivity contribution in [3.05, 3.63) is 88.1 Å². The van der Waals surface area contributed by atoms with Gasteiger partial charge in [0.25, 0.3) is 5.91 Å². The Labute approximate surface area is 174 Å². The lowest BCUT2D eigenvalue weighted by Crippen LogP contribution is -2.39. The third kappa shape index (κ3) is 5.83. The van der Waals surface area contributed by atoms with E-state index in [0.717, 1.165) is 20.3 Å². The lowest BCUT2D eigenvalue weighted by atomic mass is 10.1. The van der Waals surface area contributed by atoms with Crippen LogP contribution in [0.2, 0.25) is 0 Å². The molecule has 29 heavy (non-hydrogen) atoms. The molecule has 8 heteroatoms. The molecule has 0 bridgehead atoms. The van der Waals surface area contributed by atoms with Crippen molar-refractivity contribution in [1.82, 2.24) is 9.73 Å². The maximum atomic E-state index is 13.1. The Bertz CT molecular complexity index is 1060. The number of hydrazone groups is 1. The summed E-state index contributed by atoms with van der Waals surface area (Å²) < 4.78 is 27.4. The van der Waals surface area contributed by atoms with Gasteiger partial charge in [0.05, 0.1) is 17.7 Å². The molecule has 150 valence electrons. The van der Waals surface area contributed by atoms with Crippen molar-refractivity contribution in [2.24, 2.45) is 5.10 Å². The molecular weight excluding hydrogens is 406 g/mol. The summed E-state index contributed by atoms with van der Waals surface area (Å²) >= 11 is 1.49. The average molecular weight is 428 g/mol. The quantitative estimate of drug-likeness (QED) is 0.442. The molecule has 0 aliphatic carbocycles. The first-order valence-corrected chi connectivity index (χ1v) is 11.2. The number of amides is 1. The fourth-order valence-corrected chi connectivity index (χ4v) is 4.58. The van der Waals surface area contributed by atoms with E-state index in [0.29, 0.717) is 0 Å². The summed E-state index contributed by atoms with van der Waals surface area (Å²) in [5.41, 5.74) is 4.27. The Morgan fingerprint density at radius 1 is 1.07 bits per heavy atom. The molecule has 0 aliphatic rings. The predicted molar refractivity (Wildman–Crippen MR) is 115 cm³/mol. The maximum Gasteiger partial charge on any atom is 0.255 e. The van der Waals surface area contributed by atoms with E-state index in [4.69, 9.17) is 0 Å². The van der Waals surface area contributed by atoms with Crippen LogP contribution in [0.15, 0.2) is 82.1 Å². The first-order valence-electron chi connectivity index (χ1n) is 8.91. The number of hydrogen-bond donors (Lipinski definition) is 1. The topological polar surface area (TPSA) is 78.8 Å². The van der Waals surface area contributed by atoms with Crippen LogP contribution >= 0.6 is 11.3 Å². The Morgan fingerprint density at radius 2 is 1.79 bits per heavy atom. The molecule has 6 nitrogen and oxygen atoms in total. The third-order valence-corrected chi connectivity index (χ3v) is 6.72. The molecule has 0 saturated carbocycles. The number of carbonyl (C=O) groups is 1. The van der Waals surface area contributed by atoms with Gasteiger partial charge in [0.15, 0.2) is 0 Å². The Hall–Kier alpha value is -2.81. The summed E-state index contributed by atoms with van der Waals surface area (Å²) in [4.78, 5) is 13.4. The number of nitrogens with one attached hydrogen (secondary N) is 1. The number of thiophene rings is 1. The number of aryl methyl sites for hydroxylation is 1. The van der Waals surface area contributed by atoms with E-state index in [1.54, 1.807) is 18.2 Å². The number of rotatable bonds is 8. The second-order valence-electron chi connectivity index (χ2n) is 6.38. The van der Waals surface area contributed by atoms with Crippen molar-refractivity contribution < 1.29 is 13.2 Å². The number of benzene rings is 2. The van der Waals surface area contributed by atoms with Gasteiger partial charge < -0.3 is 0 Å². The zero-order valence-corrected chi connectivity index (χ0v) is 17.5. The van der Waals surface area contributed by atoms with E-state index >= 15 is 0 Å². The molecule has 2 aromatic carbocycles. The molecule has 3 rings (SSSR count). The molecule has 1 aromatic heterocycles. The molecule has 3 aromatic rings. The minimum absolute atomic E-state index is 0.0829. The van der Waals surface area contributed by atoms with Crippen LogP contribution in [-0.2, 0) is 21.4 Å². The monoisotopic (exact) mass is 427 g/mol. The van der Waals surface area contributed by atoms with Crippen molar-refractivity contribution in [3.8, 4) is 0 Å². The molecule has 1 heterocycles. The summed E-state index contributed by atoms with van der Waals surface area (Å²) in [7, 11) is -3.85. The zero-order valence-electron chi connectivity index (χ0n) is 15.9. The largest absolute Gasteiger partial charge is 0.272 e. The highest BCUT2D eigenvalue weighted by Gasteiger charge is 2.26. The highest BCUT2D eigenvalue weighted by atomic mass is 32.2. The van der Waals surface area contributed by atoms with E-state index in [2.05, 4.69) is 10.5 Å². The number of carbonyl (C=O) groups excluding carboxylic acids is 1. The highest BCUT2D eigenvalue weighted by molar-refractivity contribution is 7.89. The Kier molecular flexibility index (Phi) is 6.92. The second kappa shape index (κ2) is 9.60. The molecular formula is C21H21N3O3S2. The van der Waals surface area contributed by atoms with E-state index in [9.17, 15) is 13.2 Å². The molecule has 0 saturated heterocycles. The van der Waals surface area contributed by atoms with Crippen molar-refractivity contribution in [2.75, 3.05) is 6.54 Å². The molecule has 0 spiro atoms. The molecule has 0 aliphatic heterocycles. The third-order valence-electron chi connectivity index (χ3n) is 4.10. The zero-order chi connectivity index (χ0) is 20.7. The molecule has 1 N–H and O–H groups in total. The molecule has 0 fully saturated rings. The van der Waals surface area contributed by atoms with Gasteiger partial charge in [-0.25, -0.2) is 13.8 Å². The molecule has 0 atom stereocenters. The average Bonchev–Trinajstić information content (AvgIpc) is 3.23. The summed E-state index contributed by atoms with van der Waals surface area (Å²) in [6, 6.07) is 19.4. The van der Waals surface area contributed by atoms with Crippen LogP contribution in [0.1, 0.15) is 16.0 Å². The summed E-state index contributed by atoms with van der Waals surface area (Å²) in [6.07, 6.45) is 1.53. The van der Waals surface area contributed by atoms with Crippen molar-refractivity contribution >= 4 is 33.5 Å². The van der Waals surface area contributed by atoms with Gasteiger partial charge in [-0.1, -0.05) is 54.1 Å². The van der Waals surface area contributed by atoms with Gasteiger partial charge in [-0.2, -0.15) is 9.41 Å². The Morgan fingerprint density at radius 3 is 2.45 bits per heavy atom. The van der Waals surface area contributed by atoms with Crippen LogP contribution < -0.4 is 5.43 Å². The summed E-state index contributed by atoms with van der Waals surface area (Å²) in [6.45, 7) is 1.70. The standard InChI is InChI=1S/C21H21N3O3S2/c1-17-9-11-18(12-10-17)15-24(29(26,27)20-7-3-2-4-8-20)16-21(25)23-22-14-19-6-5-13-28-19/h2-14H,15-16H2,1H3,(H,23,25). The normalized spacial score (nSPS) is 11.8. The van der Waals surface area contributed by atoms with Crippen LogP contribution in [-0.4, -0.2) is 31.4 Å². The van der Waals surface area contributed by atoms with Crippen LogP contribution in [0.25, 0.3) is 0 Å². The van der Waals surface area contributed by atoms with Crippen molar-refractivity contribution in [3.63, 3.8) is 0 Å². The van der Waals surface area contributed by atoms with E-state index in [-0.39, 0.29) is 18.0 Å². The van der Waals surface area contributed by atoms with Gasteiger partial charge >= 0.3 is 0 Å². The van der Waals surface area contributed by atoms with E-state index < -0.39 is 15.9 Å². The van der Waals surface area contributed by atoms with Gasteiger partial charge in [0, 0.05) is 11.4 Å². The first-order chi connectivity index (χ1) is 13.9. The second-order valence-corrected chi connectivity index (χ2v) is 9.30. The van der Waals surface area contributed by atoms with E-state index in [1.165, 1.54) is 29.7 Å². The van der Waals surface area contributed by atoms with Crippen LogP contribution in [0.5, 0.6) is 0 Å². The fraction of sp³-hybridized carbons (Fsp3) is 0.143. The number of nitrogens with zero attached hydrogens (tertiary/aromatic N) is 2. The minimum atomic E-state index is -3.85. The lowest BCUT2D eigenvalue weighted by molar-refractivity contribution is -0.121. The SMILES string of the molecule is Cc1ccc(CN(CC(=O)NN=Cc2cccs2)S(=O)(=O)c2ccccc2)cc1. The number of sulfonamides is 1. The van der Waals surface area contributed by atoms with Crippen molar-refractivity contribution in [1.29, 1.82) is 0 Å². The highest BCUT2D eigenvalue weighted by Crippen LogP contribution is 2.18. The summed E-state index contributed by atoms with van der Waals surface area (Å²) in [5, 5.41) is 5.81. The van der Waals surface area contributed by atoms with E-state index in [1.807, 2.05) is 48.7 Å². The fourth-order valence-electron chi connectivity index (χ4n) is 2.59. The molecule has 0 unspecified atom stereocenters. The predicted octanol–water partition coefficient (Wildman–Crippen LogP) is 3.40. The lowest BCUT2D eigenvalue weighted by Gasteiger charge is -2.21. The van der Waals surface area contributed by atoms with Gasteiger partial charge in [0.1, 0.15) is 0 Å². The van der Waals surface area contributed by atoms with Gasteiger partial charge in [-0.3, -0.25) is 4.79 Å². The minimum Gasteiger partial charge on any atom is -0.272 e. The molecule has 0 radical (unpaired) electrons. The van der Waals surface area contributed by atoms with Crippen LogP contribution in [0.3, 0.4) is 0 Å². The Balaban J connectivity index is 1.78. The van der Waals surface area contributed by atoms with Crippen molar-refractivity contribution in [2.45, 2.75) is 18.4 Å². The van der Waals surface area contributed by atoms with Gasteiger partial charge in [0.2, 0.25) is 10.0 Å². The van der Waals surface area contributed by atoms with Gasteiger partial charge in [-0.05, 0) is 36.1 Å². The molecule has 1 amide bonds.